The van der Waals surface area contributed by atoms with Crippen molar-refractivity contribution in [1.82, 2.24) is 0 Å². The minimum Gasteiger partial charge on any atom is -0.462 e. The lowest BCUT2D eigenvalue weighted by Gasteiger charge is -2.18. The Hall–Kier alpha value is -1.59. The molecule has 302 valence electrons. The maximum absolute atomic E-state index is 12.7. The van der Waals surface area contributed by atoms with E-state index < -0.39 is 6.10 Å². The summed E-state index contributed by atoms with van der Waals surface area (Å²) in [5, 5.41) is 0. The van der Waals surface area contributed by atoms with Gasteiger partial charge in [-0.05, 0) is 31.1 Å². The number of hydrogen-bond donors (Lipinski definition) is 0. The van der Waals surface area contributed by atoms with Crippen LogP contribution in [0.4, 0.5) is 0 Å². The molecule has 0 aliphatic heterocycles. The van der Waals surface area contributed by atoms with E-state index in [0.717, 1.165) is 69.6 Å². The van der Waals surface area contributed by atoms with Crippen LogP contribution in [0.3, 0.4) is 0 Å². The van der Waals surface area contributed by atoms with E-state index in [9.17, 15) is 14.4 Å². The molecule has 6 heteroatoms. The molecule has 0 fully saturated rings. The molecule has 0 aromatic rings. The van der Waals surface area contributed by atoms with E-state index in [1.54, 1.807) is 0 Å². The predicted octanol–water partition coefficient (Wildman–Crippen LogP) is 13.8. The van der Waals surface area contributed by atoms with Crippen LogP contribution in [-0.2, 0) is 28.6 Å². The monoisotopic (exact) mass is 723 g/mol. The fourth-order valence-corrected chi connectivity index (χ4v) is 6.54. The molecular weight excluding hydrogens is 636 g/mol. The maximum atomic E-state index is 12.7. The molecule has 0 aromatic carbocycles. The first-order valence-corrected chi connectivity index (χ1v) is 22.3. The van der Waals surface area contributed by atoms with Crippen LogP contribution in [0, 0.1) is 11.8 Å². The number of hydrogen-bond acceptors (Lipinski definition) is 6. The molecule has 1 unspecified atom stereocenters. The van der Waals surface area contributed by atoms with Crippen molar-refractivity contribution in [3.8, 4) is 0 Å². The number of carbonyl (C=O) groups is 3. The molecule has 0 spiro atoms. The van der Waals surface area contributed by atoms with Gasteiger partial charge in [0.2, 0.25) is 0 Å². The van der Waals surface area contributed by atoms with Crippen LogP contribution in [0.2, 0.25) is 0 Å². The summed E-state index contributed by atoms with van der Waals surface area (Å²) in [4.78, 5) is 37.5. The Balaban J connectivity index is 4.30. The molecule has 0 aromatic heterocycles. The lowest BCUT2D eigenvalue weighted by atomic mass is 9.99. The van der Waals surface area contributed by atoms with E-state index in [4.69, 9.17) is 14.2 Å². The zero-order valence-corrected chi connectivity index (χ0v) is 34.7. The molecule has 0 aliphatic rings. The van der Waals surface area contributed by atoms with E-state index >= 15 is 0 Å². The molecule has 0 bridgehead atoms. The fourth-order valence-electron chi connectivity index (χ4n) is 6.54. The number of unbranched alkanes of at least 4 members (excludes halogenated alkanes) is 23. The molecule has 0 N–H and O–H groups in total. The minimum absolute atomic E-state index is 0.0658. The molecule has 0 saturated heterocycles. The highest BCUT2D eigenvalue weighted by atomic mass is 16.6. The lowest BCUT2D eigenvalue weighted by molar-refractivity contribution is -0.167. The minimum atomic E-state index is -0.759. The normalized spacial score (nSPS) is 12.6. The molecule has 0 rings (SSSR count). The average Bonchev–Trinajstić information content (AvgIpc) is 3.11. The highest BCUT2D eigenvalue weighted by Gasteiger charge is 2.19. The highest BCUT2D eigenvalue weighted by Crippen LogP contribution is 2.17. The molecule has 0 saturated carbocycles. The number of ether oxygens (including phenoxy) is 3. The number of rotatable bonds is 39. The number of esters is 3. The number of carbonyl (C=O) groups excluding carboxylic acids is 3. The topological polar surface area (TPSA) is 78.9 Å². The van der Waals surface area contributed by atoms with Gasteiger partial charge in [0.1, 0.15) is 13.2 Å². The van der Waals surface area contributed by atoms with Crippen molar-refractivity contribution in [2.45, 2.75) is 246 Å². The van der Waals surface area contributed by atoms with Crippen molar-refractivity contribution in [3.05, 3.63) is 0 Å². The van der Waals surface area contributed by atoms with E-state index in [1.165, 1.54) is 128 Å². The second-order valence-corrected chi connectivity index (χ2v) is 16.1. The second-order valence-electron chi connectivity index (χ2n) is 16.1. The van der Waals surface area contributed by atoms with Crippen molar-refractivity contribution >= 4 is 17.9 Å². The Kier molecular flexibility index (Phi) is 37.0. The summed E-state index contributed by atoms with van der Waals surface area (Å²) < 4.78 is 16.6. The van der Waals surface area contributed by atoms with Gasteiger partial charge in [-0.2, -0.15) is 0 Å². The molecule has 51 heavy (non-hydrogen) atoms. The van der Waals surface area contributed by atoms with Crippen molar-refractivity contribution in [3.63, 3.8) is 0 Å². The summed E-state index contributed by atoms with van der Waals surface area (Å²) in [6, 6.07) is 0. The van der Waals surface area contributed by atoms with Gasteiger partial charge >= 0.3 is 17.9 Å². The van der Waals surface area contributed by atoms with Gasteiger partial charge in [-0.25, -0.2) is 0 Å². The molecule has 0 radical (unpaired) electrons. The van der Waals surface area contributed by atoms with Crippen molar-refractivity contribution < 1.29 is 28.6 Å². The summed E-state index contributed by atoms with van der Waals surface area (Å²) in [6.45, 7) is 11.3. The highest BCUT2D eigenvalue weighted by molar-refractivity contribution is 5.71. The molecule has 0 heterocycles. The van der Waals surface area contributed by atoms with E-state index in [1.807, 2.05) is 0 Å². The average molecular weight is 723 g/mol. The van der Waals surface area contributed by atoms with Crippen LogP contribution in [0.5, 0.6) is 0 Å². The summed E-state index contributed by atoms with van der Waals surface area (Å²) in [7, 11) is 0. The standard InChI is InChI=1S/C45H86O6/c1-6-8-9-10-18-25-30-35-43(46)49-38-42(39-50-44(47)36-31-26-21-17-13-14-19-23-28-33-40(3)4)51-45(48)37-32-27-22-16-12-11-15-20-24-29-34-41(5)7-2/h40-42H,6-39H2,1-5H3/t41?,42-/m1/s1. The Labute approximate surface area is 317 Å². The van der Waals surface area contributed by atoms with Crippen molar-refractivity contribution in [2.75, 3.05) is 13.2 Å². The smallest absolute Gasteiger partial charge is 0.306 e. The van der Waals surface area contributed by atoms with Gasteiger partial charge in [0.15, 0.2) is 6.10 Å². The largest absolute Gasteiger partial charge is 0.462 e. The third-order valence-electron chi connectivity index (χ3n) is 10.3. The Morgan fingerprint density at radius 2 is 0.745 bits per heavy atom. The molecule has 0 amide bonds. The van der Waals surface area contributed by atoms with Gasteiger partial charge in [0, 0.05) is 19.3 Å². The summed E-state index contributed by atoms with van der Waals surface area (Å²) >= 11 is 0. The van der Waals surface area contributed by atoms with E-state index in [2.05, 4.69) is 34.6 Å². The Bertz CT molecular complexity index is 781. The zero-order valence-electron chi connectivity index (χ0n) is 34.7. The Morgan fingerprint density at radius 1 is 0.412 bits per heavy atom. The van der Waals surface area contributed by atoms with Gasteiger partial charge in [-0.1, -0.05) is 202 Å². The van der Waals surface area contributed by atoms with Gasteiger partial charge in [-0.15, -0.1) is 0 Å². The first-order chi connectivity index (χ1) is 24.8. The summed E-state index contributed by atoms with van der Waals surface area (Å²) in [6.07, 6.45) is 35.2. The molecule has 2 atom stereocenters. The van der Waals surface area contributed by atoms with Crippen LogP contribution in [0.15, 0.2) is 0 Å². The predicted molar refractivity (Wildman–Crippen MR) is 215 cm³/mol. The fraction of sp³-hybridized carbons (Fsp3) is 0.933. The molecule has 6 nitrogen and oxygen atoms in total. The third-order valence-corrected chi connectivity index (χ3v) is 10.3. The van der Waals surface area contributed by atoms with Crippen LogP contribution in [-0.4, -0.2) is 37.2 Å². The third kappa shape index (κ3) is 38.0. The summed E-state index contributed by atoms with van der Waals surface area (Å²) in [5.41, 5.74) is 0. The van der Waals surface area contributed by atoms with Crippen LogP contribution in [0.1, 0.15) is 240 Å². The van der Waals surface area contributed by atoms with Crippen LogP contribution < -0.4 is 0 Å². The molecule has 0 aliphatic carbocycles. The van der Waals surface area contributed by atoms with E-state index in [0.29, 0.717) is 19.3 Å². The SMILES string of the molecule is CCCCCCCCCC(=O)OC[C@H](COC(=O)CCCCCCCCCCCC(C)C)OC(=O)CCCCCCCCCCCCC(C)CC. The molecular formula is C45H86O6. The van der Waals surface area contributed by atoms with Crippen molar-refractivity contribution in [1.29, 1.82) is 0 Å². The van der Waals surface area contributed by atoms with Gasteiger partial charge < -0.3 is 14.2 Å². The first-order valence-electron chi connectivity index (χ1n) is 22.3. The van der Waals surface area contributed by atoms with Gasteiger partial charge in [-0.3, -0.25) is 14.4 Å². The van der Waals surface area contributed by atoms with Crippen molar-refractivity contribution in [2.24, 2.45) is 11.8 Å². The van der Waals surface area contributed by atoms with Crippen LogP contribution >= 0.6 is 0 Å². The second kappa shape index (κ2) is 38.1. The lowest BCUT2D eigenvalue weighted by Crippen LogP contribution is -2.30. The summed E-state index contributed by atoms with van der Waals surface area (Å²) in [5.74, 6) is 0.810. The van der Waals surface area contributed by atoms with E-state index in [-0.39, 0.29) is 31.1 Å². The zero-order chi connectivity index (χ0) is 37.6. The first kappa shape index (κ1) is 49.4. The Morgan fingerprint density at radius 3 is 1.12 bits per heavy atom. The maximum Gasteiger partial charge on any atom is 0.306 e. The quantitative estimate of drug-likeness (QED) is 0.0357. The van der Waals surface area contributed by atoms with Gasteiger partial charge in [0.25, 0.3) is 0 Å². The van der Waals surface area contributed by atoms with Crippen LogP contribution in [0.25, 0.3) is 0 Å². The van der Waals surface area contributed by atoms with Gasteiger partial charge in [0.05, 0.1) is 0 Å².